The first-order chi connectivity index (χ1) is 9.20. The summed E-state index contributed by atoms with van der Waals surface area (Å²) in [7, 11) is 1.98. The van der Waals surface area contributed by atoms with E-state index in [2.05, 4.69) is 25.8 Å². The number of benzene rings is 1. The Morgan fingerprint density at radius 3 is 2.84 bits per heavy atom. The fourth-order valence-electron chi connectivity index (χ4n) is 1.90. The number of carbonyl (C=O) groups excluding carboxylic acids is 1. The van der Waals surface area contributed by atoms with E-state index >= 15 is 0 Å². The van der Waals surface area contributed by atoms with Gasteiger partial charge in [0.15, 0.2) is 6.29 Å². The molecule has 0 bridgehead atoms. The van der Waals surface area contributed by atoms with Crippen LogP contribution in [0.25, 0.3) is 0 Å². The Morgan fingerprint density at radius 1 is 1.32 bits per heavy atom. The van der Waals surface area contributed by atoms with Gasteiger partial charge in [-0.3, -0.25) is 9.78 Å². The van der Waals surface area contributed by atoms with E-state index in [4.69, 9.17) is 0 Å². The smallest absolute Gasteiger partial charge is 0.152 e. The summed E-state index contributed by atoms with van der Waals surface area (Å²) in [6.07, 6.45) is 3.53. The summed E-state index contributed by atoms with van der Waals surface area (Å²) in [5.74, 6) is 0. The molecular formula is C15H15BrN2O. The van der Waals surface area contributed by atoms with Gasteiger partial charge in [0.05, 0.1) is 0 Å². The highest BCUT2D eigenvalue weighted by Crippen LogP contribution is 2.23. The number of rotatable bonds is 5. The topological polar surface area (TPSA) is 33.2 Å². The molecule has 19 heavy (non-hydrogen) atoms. The second kappa shape index (κ2) is 6.48. The van der Waals surface area contributed by atoms with Crippen molar-refractivity contribution in [2.75, 3.05) is 18.5 Å². The molecule has 1 aromatic carbocycles. The Kier molecular flexibility index (Phi) is 4.68. The van der Waals surface area contributed by atoms with E-state index in [1.807, 2.05) is 43.4 Å². The summed E-state index contributed by atoms with van der Waals surface area (Å²) in [4.78, 5) is 17.4. The van der Waals surface area contributed by atoms with E-state index in [0.29, 0.717) is 5.56 Å². The minimum atomic E-state index is 0.701. The molecule has 0 aliphatic rings. The van der Waals surface area contributed by atoms with Gasteiger partial charge in [0.1, 0.15) is 0 Å². The number of carbonyl (C=O) groups is 1. The molecule has 0 atom stereocenters. The molecule has 1 aromatic heterocycles. The number of aromatic nitrogens is 1. The highest BCUT2D eigenvalue weighted by molar-refractivity contribution is 9.10. The molecule has 2 aromatic rings. The molecule has 0 unspecified atom stereocenters. The molecule has 0 amide bonds. The van der Waals surface area contributed by atoms with Gasteiger partial charge in [0, 0.05) is 47.6 Å². The van der Waals surface area contributed by atoms with Crippen LogP contribution in [0.3, 0.4) is 0 Å². The Hall–Kier alpha value is -1.68. The van der Waals surface area contributed by atoms with Crippen LogP contribution in [0, 0.1) is 0 Å². The molecule has 0 saturated carbocycles. The second-order valence-electron chi connectivity index (χ2n) is 4.31. The predicted octanol–water partition coefficient (Wildman–Crippen LogP) is 3.34. The van der Waals surface area contributed by atoms with E-state index < -0.39 is 0 Å². The largest absolute Gasteiger partial charge is 0.374 e. The zero-order valence-electron chi connectivity index (χ0n) is 10.7. The van der Waals surface area contributed by atoms with Gasteiger partial charge >= 0.3 is 0 Å². The quantitative estimate of drug-likeness (QED) is 0.793. The van der Waals surface area contributed by atoms with Gasteiger partial charge in [-0.15, -0.1) is 0 Å². The van der Waals surface area contributed by atoms with Gasteiger partial charge < -0.3 is 4.90 Å². The molecular weight excluding hydrogens is 304 g/mol. The van der Waals surface area contributed by atoms with Crippen molar-refractivity contribution in [1.29, 1.82) is 0 Å². The minimum absolute atomic E-state index is 0.701. The van der Waals surface area contributed by atoms with E-state index in [-0.39, 0.29) is 0 Å². The molecule has 4 heteroatoms. The number of anilines is 1. The Labute approximate surface area is 121 Å². The molecule has 0 aliphatic carbocycles. The van der Waals surface area contributed by atoms with E-state index in [9.17, 15) is 4.79 Å². The second-order valence-corrected chi connectivity index (χ2v) is 5.23. The number of pyridine rings is 1. The van der Waals surface area contributed by atoms with Crippen molar-refractivity contribution in [1.82, 2.24) is 4.98 Å². The van der Waals surface area contributed by atoms with Crippen LogP contribution < -0.4 is 4.90 Å². The highest BCUT2D eigenvalue weighted by Gasteiger charge is 2.08. The first kappa shape index (κ1) is 13.7. The SMILES string of the molecule is CN(CCc1ccccn1)c1cc(Br)ccc1C=O. The third-order valence-corrected chi connectivity index (χ3v) is 3.45. The van der Waals surface area contributed by atoms with Gasteiger partial charge in [0.25, 0.3) is 0 Å². The Morgan fingerprint density at radius 2 is 2.16 bits per heavy atom. The van der Waals surface area contributed by atoms with Crippen LogP contribution in [0.15, 0.2) is 47.1 Å². The van der Waals surface area contributed by atoms with E-state index in [1.54, 1.807) is 6.20 Å². The summed E-state index contributed by atoms with van der Waals surface area (Å²) in [6.45, 7) is 0.814. The van der Waals surface area contributed by atoms with E-state index in [0.717, 1.165) is 35.1 Å². The Bertz CT molecular complexity index is 557. The summed E-state index contributed by atoms with van der Waals surface area (Å²) in [6, 6.07) is 11.6. The maximum absolute atomic E-state index is 11.1. The van der Waals surface area contributed by atoms with Crippen molar-refractivity contribution >= 4 is 27.9 Å². The van der Waals surface area contributed by atoms with Crippen molar-refractivity contribution in [2.24, 2.45) is 0 Å². The van der Waals surface area contributed by atoms with Gasteiger partial charge in [-0.2, -0.15) is 0 Å². The molecule has 0 saturated heterocycles. The predicted molar refractivity (Wildman–Crippen MR) is 80.7 cm³/mol. The molecule has 0 N–H and O–H groups in total. The number of nitrogens with zero attached hydrogens (tertiary/aromatic N) is 2. The number of halogens is 1. The van der Waals surface area contributed by atoms with Gasteiger partial charge in [-0.25, -0.2) is 0 Å². The highest BCUT2D eigenvalue weighted by atomic mass is 79.9. The first-order valence-electron chi connectivity index (χ1n) is 6.06. The molecule has 3 nitrogen and oxygen atoms in total. The fourth-order valence-corrected chi connectivity index (χ4v) is 2.24. The number of hydrogen-bond donors (Lipinski definition) is 0. The zero-order valence-corrected chi connectivity index (χ0v) is 12.3. The average molecular weight is 319 g/mol. The molecule has 0 fully saturated rings. The van der Waals surface area contributed by atoms with Crippen LogP contribution in [-0.2, 0) is 6.42 Å². The molecule has 0 aliphatic heterocycles. The van der Waals surface area contributed by atoms with Crippen LogP contribution >= 0.6 is 15.9 Å². The summed E-state index contributed by atoms with van der Waals surface area (Å²) >= 11 is 3.43. The van der Waals surface area contributed by atoms with Crippen LogP contribution in [-0.4, -0.2) is 24.9 Å². The fraction of sp³-hybridized carbons (Fsp3) is 0.200. The maximum atomic E-state index is 11.1. The monoisotopic (exact) mass is 318 g/mol. The third kappa shape index (κ3) is 3.64. The number of aldehydes is 1. The van der Waals surface area contributed by atoms with Crippen LogP contribution in [0.5, 0.6) is 0 Å². The van der Waals surface area contributed by atoms with Crippen LogP contribution in [0.1, 0.15) is 16.1 Å². The molecule has 1 heterocycles. The summed E-state index contributed by atoms with van der Waals surface area (Å²) < 4.78 is 0.970. The normalized spacial score (nSPS) is 10.2. The lowest BCUT2D eigenvalue weighted by Crippen LogP contribution is -2.21. The standard InChI is InChI=1S/C15H15BrN2O/c1-18(9-7-14-4-2-3-8-17-14)15-10-13(16)6-5-12(15)11-19/h2-6,8,10-11H,7,9H2,1H3. The lowest BCUT2D eigenvalue weighted by molar-refractivity contribution is 0.112. The number of hydrogen-bond acceptors (Lipinski definition) is 3. The summed E-state index contributed by atoms with van der Waals surface area (Å²) in [5, 5.41) is 0. The van der Waals surface area contributed by atoms with Crippen LogP contribution in [0.2, 0.25) is 0 Å². The minimum Gasteiger partial charge on any atom is -0.374 e. The van der Waals surface area contributed by atoms with E-state index in [1.165, 1.54) is 0 Å². The lowest BCUT2D eigenvalue weighted by atomic mass is 10.1. The van der Waals surface area contributed by atoms with Crippen molar-refractivity contribution in [3.8, 4) is 0 Å². The van der Waals surface area contributed by atoms with Gasteiger partial charge in [-0.1, -0.05) is 22.0 Å². The maximum Gasteiger partial charge on any atom is 0.152 e. The Balaban J connectivity index is 2.09. The van der Waals surface area contributed by atoms with Crippen molar-refractivity contribution in [2.45, 2.75) is 6.42 Å². The van der Waals surface area contributed by atoms with Gasteiger partial charge in [-0.05, 0) is 30.3 Å². The lowest BCUT2D eigenvalue weighted by Gasteiger charge is -2.21. The average Bonchev–Trinajstić information content (AvgIpc) is 2.46. The molecule has 0 spiro atoms. The molecule has 2 rings (SSSR count). The first-order valence-corrected chi connectivity index (χ1v) is 6.86. The third-order valence-electron chi connectivity index (χ3n) is 2.96. The van der Waals surface area contributed by atoms with Crippen molar-refractivity contribution in [3.63, 3.8) is 0 Å². The van der Waals surface area contributed by atoms with Gasteiger partial charge in [0.2, 0.25) is 0 Å². The summed E-state index contributed by atoms with van der Waals surface area (Å²) in [5.41, 5.74) is 2.68. The molecule has 98 valence electrons. The van der Waals surface area contributed by atoms with Crippen molar-refractivity contribution in [3.05, 3.63) is 58.3 Å². The van der Waals surface area contributed by atoms with Crippen molar-refractivity contribution < 1.29 is 4.79 Å². The zero-order chi connectivity index (χ0) is 13.7. The molecule has 0 radical (unpaired) electrons. The van der Waals surface area contributed by atoms with Crippen LogP contribution in [0.4, 0.5) is 5.69 Å². The number of likely N-dealkylation sites (N-methyl/N-ethyl adjacent to an activating group) is 1.